The summed E-state index contributed by atoms with van der Waals surface area (Å²) >= 11 is 5.73. The van der Waals surface area contributed by atoms with Crippen molar-refractivity contribution in [2.24, 2.45) is 0 Å². The van der Waals surface area contributed by atoms with Gasteiger partial charge in [0.15, 0.2) is 0 Å². The minimum atomic E-state index is -0.0758. The molecule has 2 rings (SSSR count). The lowest BCUT2D eigenvalue weighted by molar-refractivity contribution is 0.378. The molecule has 90 valence electrons. The average Bonchev–Trinajstić information content (AvgIpc) is 2.81. The van der Waals surface area contributed by atoms with Crippen molar-refractivity contribution in [1.82, 2.24) is 15.0 Å². The zero-order valence-corrected chi connectivity index (χ0v) is 10.1. The number of anilines is 1. The van der Waals surface area contributed by atoms with Crippen LogP contribution in [-0.2, 0) is 0 Å². The molecule has 7 heteroatoms. The topological polar surface area (TPSA) is 73.1 Å². The van der Waals surface area contributed by atoms with Gasteiger partial charge in [0.25, 0.3) is 0 Å². The summed E-state index contributed by atoms with van der Waals surface area (Å²) in [5, 5.41) is 3.11. The van der Waals surface area contributed by atoms with E-state index in [0.29, 0.717) is 5.95 Å². The Bertz CT molecular complexity index is 489. The van der Waals surface area contributed by atoms with E-state index >= 15 is 0 Å². The van der Waals surface area contributed by atoms with Crippen LogP contribution < -0.4 is 10.1 Å². The van der Waals surface area contributed by atoms with Gasteiger partial charge in [0, 0.05) is 0 Å². The van der Waals surface area contributed by atoms with Crippen molar-refractivity contribution in [3.05, 3.63) is 29.4 Å². The molecule has 0 saturated carbocycles. The predicted octanol–water partition coefficient (Wildman–Crippen LogP) is 2.30. The number of ether oxygens (including phenoxy) is 1. The summed E-state index contributed by atoms with van der Waals surface area (Å²) in [5.74, 6) is 1.12. The predicted molar refractivity (Wildman–Crippen MR) is 62.1 cm³/mol. The molecule has 0 aliphatic carbocycles. The molecule has 0 bridgehead atoms. The third-order valence-electron chi connectivity index (χ3n) is 2.09. The maximum absolute atomic E-state index is 5.73. The molecule has 0 amide bonds. The first-order valence-electron chi connectivity index (χ1n) is 4.94. The summed E-state index contributed by atoms with van der Waals surface area (Å²) in [4.78, 5) is 11.7. The van der Waals surface area contributed by atoms with Crippen molar-refractivity contribution >= 4 is 17.5 Å². The molecule has 0 saturated heterocycles. The van der Waals surface area contributed by atoms with Crippen LogP contribution in [0.1, 0.15) is 18.7 Å². The van der Waals surface area contributed by atoms with Gasteiger partial charge in [-0.3, -0.25) is 0 Å². The molecular formula is C10H11ClN4O2. The Balaban J connectivity index is 2.15. The Labute approximate surface area is 103 Å². The van der Waals surface area contributed by atoms with Crippen LogP contribution >= 0.6 is 11.6 Å². The first-order valence-corrected chi connectivity index (χ1v) is 5.32. The Morgan fingerprint density at radius 2 is 2.24 bits per heavy atom. The molecule has 0 aliphatic heterocycles. The van der Waals surface area contributed by atoms with Gasteiger partial charge in [-0.2, -0.15) is 15.0 Å². The largest absolute Gasteiger partial charge is 0.467 e. The van der Waals surface area contributed by atoms with E-state index in [4.69, 9.17) is 20.8 Å². The van der Waals surface area contributed by atoms with E-state index in [0.717, 1.165) is 5.76 Å². The van der Waals surface area contributed by atoms with E-state index in [1.807, 2.05) is 19.1 Å². The van der Waals surface area contributed by atoms with Crippen molar-refractivity contribution in [3.8, 4) is 6.01 Å². The van der Waals surface area contributed by atoms with Gasteiger partial charge in [-0.1, -0.05) is 0 Å². The minimum absolute atomic E-state index is 0.0750. The summed E-state index contributed by atoms with van der Waals surface area (Å²) < 4.78 is 10.2. The summed E-state index contributed by atoms with van der Waals surface area (Å²) in [6, 6.07) is 3.76. The van der Waals surface area contributed by atoms with Gasteiger partial charge in [-0.05, 0) is 30.7 Å². The molecule has 0 radical (unpaired) electrons. The maximum atomic E-state index is 5.73. The lowest BCUT2D eigenvalue weighted by Gasteiger charge is -2.11. The van der Waals surface area contributed by atoms with Gasteiger partial charge in [-0.15, -0.1) is 0 Å². The second kappa shape index (κ2) is 5.01. The van der Waals surface area contributed by atoms with E-state index in [1.165, 1.54) is 7.11 Å². The van der Waals surface area contributed by atoms with Gasteiger partial charge in [0.05, 0.1) is 19.4 Å². The number of nitrogens with one attached hydrogen (secondary N) is 1. The van der Waals surface area contributed by atoms with Crippen LogP contribution in [-0.4, -0.2) is 22.1 Å². The maximum Gasteiger partial charge on any atom is 0.322 e. The lowest BCUT2D eigenvalue weighted by atomic mass is 10.2. The molecule has 1 N–H and O–H groups in total. The third kappa shape index (κ3) is 2.85. The first-order chi connectivity index (χ1) is 8.19. The van der Waals surface area contributed by atoms with Gasteiger partial charge in [0.1, 0.15) is 5.76 Å². The van der Waals surface area contributed by atoms with Gasteiger partial charge in [0.2, 0.25) is 11.2 Å². The second-order valence-corrected chi connectivity index (χ2v) is 3.63. The number of furan rings is 1. The smallest absolute Gasteiger partial charge is 0.322 e. The van der Waals surface area contributed by atoms with E-state index in [2.05, 4.69) is 20.3 Å². The normalized spacial score (nSPS) is 12.2. The quantitative estimate of drug-likeness (QED) is 0.903. The van der Waals surface area contributed by atoms with E-state index < -0.39 is 0 Å². The fraction of sp³-hybridized carbons (Fsp3) is 0.300. The molecule has 2 heterocycles. The fourth-order valence-electron chi connectivity index (χ4n) is 1.29. The van der Waals surface area contributed by atoms with Crippen LogP contribution in [0.5, 0.6) is 6.01 Å². The van der Waals surface area contributed by atoms with Crippen molar-refractivity contribution in [2.75, 3.05) is 12.4 Å². The van der Waals surface area contributed by atoms with E-state index in [1.54, 1.807) is 6.26 Å². The van der Waals surface area contributed by atoms with Gasteiger partial charge in [-0.25, -0.2) is 0 Å². The number of rotatable bonds is 4. The molecule has 1 unspecified atom stereocenters. The van der Waals surface area contributed by atoms with Crippen molar-refractivity contribution in [1.29, 1.82) is 0 Å². The molecule has 6 nitrogen and oxygen atoms in total. The van der Waals surface area contributed by atoms with Crippen LogP contribution in [0.4, 0.5) is 5.95 Å². The molecular weight excluding hydrogens is 244 g/mol. The van der Waals surface area contributed by atoms with Crippen molar-refractivity contribution in [3.63, 3.8) is 0 Å². The first kappa shape index (κ1) is 11.7. The van der Waals surface area contributed by atoms with Crippen molar-refractivity contribution in [2.45, 2.75) is 13.0 Å². The number of hydrogen-bond donors (Lipinski definition) is 1. The lowest BCUT2D eigenvalue weighted by Crippen LogP contribution is -2.10. The molecule has 0 fully saturated rings. The summed E-state index contributed by atoms with van der Waals surface area (Å²) in [7, 11) is 1.46. The number of halogens is 1. The number of nitrogens with zero attached hydrogens (tertiary/aromatic N) is 3. The van der Waals surface area contributed by atoms with Crippen LogP contribution in [0.25, 0.3) is 0 Å². The molecule has 2 aromatic heterocycles. The van der Waals surface area contributed by atoms with Gasteiger partial charge < -0.3 is 14.5 Å². The molecule has 2 aromatic rings. The highest BCUT2D eigenvalue weighted by Gasteiger charge is 2.11. The molecule has 1 atom stereocenters. The standard InChI is InChI=1S/C10H11ClN4O2/c1-6(7-4-3-5-17-7)12-9-13-8(11)14-10(15-9)16-2/h3-6H,1-2H3,(H,12,13,14,15). The van der Waals surface area contributed by atoms with Crippen LogP contribution in [0.15, 0.2) is 22.8 Å². The van der Waals surface area contributed by atoms with E-state index in [9.17, 15) is 0 Å². The zero-order valence-electron chi connectivity index (χ0n) is 9.35. The Morgan fingerprint density at radius 1 is 1.41 bits per heavy atom. The summed E-state index contributed by atoms with van der Waals surface area (Å²) in [6.07, 6.45) is 1.61. The number of aromatic nitrogens is 3. The number of methoxy groups -OCH3 is 1. The Morgan fingerprint density at radius 3 is 2.88 bits per heavy atom. The highest BCUT2D eigenvalue weighted by Crippen LogP contribution is 2.18. The van der Waals surface area contributed by atoms with Crippen molar-refractivity contribution < 1.29 is 9.15 Å². The fourth-order valence-corrected chi connectivity index (χ4v) is 1.44. The molecule has 0 aliphatic rings. The summed E-state index contributed by atoms with van der Waals surface area (Å²) in [5.41, 5.74) is 0. The second-order valence-electron chi connectivity index (χ2n) is 3.30. The SMILES string of the molecule is COc1nc(Cl)nc(NC(C)c2ccco2)n1. The van der Waals surface area contributed by atoms with Crippen LogP contribution in [0.2, 0.25) is 5.28 Å². The minimum Gasteiger partial charge on any atom is -0.467 e. The highest BCUT2D eigenvalue weighted by molar-refractivity contribution is 6.28. The number of hydrogen-bond acceptors (Lipinski definition) is 6. The van der Waals surface area contributed by atoms with Crippen LogP contribution in [0, 0.1) is 0 Å². The van der Waals surface area contributed by atoms with Crippen LogP contribution in [0.3, 0.4) is 0 Å². The monoisotopic (exact) mass is 254 g/mol. The van der Waals surface area contributed by atoms with E-state index in [-0.39, 0.29) is 17.3 Å². The summed E-state index contributed by atoms with van der Waals surface area (Å²) in [6.45, 7) is 1.92. The molecule has 0 aromatic carbocycles. The Hall–Kier alpha value is -1.82. The Kier molecular flexibility index (Phi) is 3.43. The molecule has 17 heavy (non-hydrogen) atoms. The molecule has 0 spiro atoms. The highest BCUT2D eigenvalue weighted by atomic mass is 35.5. The zero-order chi connectivity index (χ0) is 12.3. The third-order valence-corrected chi connectivity index (χ3v) is 2.25. The van der Waals surface area contributed by atoms with Gasteiger partial charge >= 0.3 is 6.01 Å². The average molecular weight is 255 g/mol.